The molecule has 0 radical (unpaired) electrons. The van der Waals surface area contributed by atoms with Crippen LogP contribution in [0.25, 0.3) is 0 Å². The molecule has 0 saturated heterocycles. The van der Waals surface area contributed by atoms with Gasteiger partial charge in [0.05, 0.1) is 12.2 Å². The molecule has 0 aromatic heterocycles. The molecule has 2 rings (SSSR count). The van der Waals surface area contributed by atoms with Crippen LogP contribution in [0.1, 0.15) is 61.3 Å². The number of allylic oxidation sites excluding steroid dienone is 1. The van der Waals surface area contributed by atoms with Crippen LogP contribution in [0.5, 0.6) is 0 Å². The minimum absolute atomic E-state index is 0.0478. The lowest BCUT2D eigenvalue weighted by atomic mass is 9.98. The number of aldehydes is 1. The third kappa shape index (κ3) is 8.09. The van der Waals surface area contributed by atoms with Crippen molar-refractivity contribution in [2.75, 3.05) is 6.61 Å². The van der Waals surface area contributed by atoms with Gasteiger partial charge in [0.15, 0.2) is 8.32 Å². The Kier molecular flexibility index (Phi) is 11.5. The van der Waals surface area contributed by atoms with Gasteiger partial charge >= 0.3 is 0 Å². The second kappa shape index (κ2) is 13.5. The number of aliphatic hydroxyl groups excluding tert-OH is 1. The molecule has 1 N–H and O–H groups in total. The minimum Gasteiger partial charge on any atom is -0.413 e. The van der Waals surface area contributed by atoms with Gasteiger partial charge in [-0.3, -0.25) is 4.79 Å². The highest BCUT2D eigenvalue weighted by Crippen LogP contribution is 2.40. The largest absolute Gasteiger partial charge is 0.413 e. The van der Waals surface area contributed by atoms with E-state index in [2.05, 4.69) is 122 Å². The maximum absolute atomic E-state index is 10.8. The number of benzene rings is 2. The lowest BCUT2D eigenvalue weighted by Gasteiger charge is -2.45. The van der Waals surface area contributed by atoms with E-state index >= 15 is 0 Å². The third-order valence-electron chi connectivity index (χ3n) is 7.99. The summed E-state index contributed by atoms with van der Waals surface area (Å²) in [6.07, 6.45) is 4.10. The van der Waals surface area contributed by atoms with E-state index in [1.165, 1.54) is 16.4 Å². The molecule has 3 atom stereocenters. The zero-order valence-corrected chi connectivity index (χ0v) is 27.0. The van der Waals surface area contributed by atoms with E-state index in [9.17, 15) is 9.90 Å². The highest BCUT2D eigenvalue weighted by atomic mass is 28.4. The summed E-state index contributed by atoms with van der Waals surface area (Å²) in [5.74, 6) is 0.0653. The standard InChI is InChI=1S/C32H50O4Si2/c1-26(30(24-27(34)18-16-17-23-33)36-37(8,9)31(2,3)4)25-35-38(32(5,6)7,28-19-12-10-13-20-28)29-21-14-11-15-22-29/h10-17,19-23,26-27,30,34H,18,24-25H2,1-9H3/b17-16+/t26-,27?,30-/m0/s1. The molecule has 0 aliphatic heterocycles. The van der Waals surface area contributed by atoms with Gasteiger partial charge in [-0.25, -0.2) is 0 Å². The van der Waals surface area contributed by atoms with Crippen molar-refractivity contribution in [1.29, 1.82) is 0 Å². The van der Waals surface area contributed by atoms with E-state index in [0.29, 0.717) is 19.4 Å². The van der Waals surface area contributed by atoms with E-state index in [1.807, 2.05) is 0 Å². The van der Waals surface area contributed by atoms with Crippen molar-refractivity contribution in [3.63, 3.8) is 0 Å². The molecule has 38 heavy (non-hydrogen) atoms. The topological polar surface area (TPSA) is 55.8 Å². The molecule has 2 aromatic rings. The van der Waals surface area contributed by atoms with Crippen LogP contribution in [0.4, 0.5) is 0 Å². The van der Waals surface area contributed by atoms with Gasteiger partial charge < -0.3 is 14.0 Å². The normalized spacial score (nSPS) is 15.8. The molecule has 0 saturated carbocycles. The molecular weight excluding hydrogens is 505 g/mol. The summed E-state index contributed by atoms with van der Waals surface area (Å²) in [7, 11) is -4.78. The maximum atomic E-state index is 10.8. The predicted octanol–water partition coefficient (Wildman–Crippen LogP) is 6.49. The molecule has 0 bridgehead atoms. The van der Waals surface area contributed by atoms with E-state index in [4.69, 9.17) is 8.85 Å². The number of hydrogen-bond acceptors (Lipinski definition) is 4. The second-order valence-corrected chi connectivity index (χ2v) is 22.1. The van der Waals surface area contributed by atoms with Crippen molar-refractivity contribution in [1.82, 2.24) is 0 Å². The summed E-state index contributed by atoms with van der Waals surface area (Å²) in [5, 5.41) is 13.3. The SMILES string of the molecule is C[C@@H](CO[Si](c1ccccc1)(c1ccccc1)C(C)(C)C)[C@H](CC(O)C/C=C/C=O)O[Si](C)(C)C(C)(C)C. The summed E-state index contributed by atoms with van der Waals surface area (Å²) < 4.78 is 14.1. The predicted molar refractivity (Wildman–Crippen MR) is 165 cm³/mol. The number of aliphatic hydroxyl groups is 1. The average molecular weight is 555 g/mol. The number of carbonyl (C=O) groups excluding carboxylic acids is 1. The first kappa shape index (κ1) is 32.4. The zero-order chi connectivity index (χ0) is 28.6. The molecular formula is C32H50O4Si2. The Labute approximate surface area is 233 Å². The van der Waals surface area contributed by atoms with E-state index < -0.39 is 22.7 Å². The van der Waals surface area contributed by atoms with E-state index in [-0.39, 0.29) is 22.1 Å². The first-order valence-electron chi connectivity index (χ1n) is 13.9. The number of hydrogen-bond donors (Lipinski definition) is 1. The Morgan fingerprint density at radius 1 is 0.868 bits per heavy atom. The average Bonchev–Trinajstić information content (AvgIpc) is 2.83. The van der Waals surface area contributed by atoms with Crippen molar-refractivity contribution in [2.24, 2.45) is 5.92 Å². The van der Waals surface area contributed by atoms with Crippen LogP contribution in [-0.2, 0) is 13.6 Å². The van der Waals surface area contributed by atoms with Gasteiger partial charge in [0.25, 0.3) is 8.32 Å². The molecule has 210 valence electrons. The van der Waals surface area contributed by atoms with Gasteiger partial charge in [-0.05, 0) is 52.5 Å². The van der Waals surface area contributed by atoms with Crippen LogP contribution in [0, 0.1) is 5.92 Å². The molecule has 0 aliphatic rings. The molecule has 6 heteroatoms. The first-order valence-corrected chi connectivity index (χ1v) is 18.7. The van der Waals surface area contributed by atoms with Crippen LogP contribution in [0.15, 0.2) is 72.8 Å². The van der Waals surface area contributed by atoms with Crippen molar-refractivity contribution in [3.05, 3.63) is 72.8 Å². The summed E-state index contributed by atoms with van der Waals surface area (Å²) in [4.78, 5) is 10.7. The zero-order valence-electron chi connectivity index (χ0n) is 25.0. The lowest BCUT2D eigenvalue weighted by molar-refractivity contribution is -0.104. The Hall–Kier alpha value is -1.84. The summed E-state index contributed by atoms with van der Waals surface area (Å²) in [6, 6.07) is 21.4. The molecule has 1 unspecified atom stereocenters. The summed E-state index contributed by atoms with van der Waals surface area (Å²) in [6.45, 7) is 20.8. The molecule has 0 aliphatic carbocycles. The Morgan fingerprint density at radius 2 is 1.37 bits per heavy atom. The lowest BCUT2D eigenvalue weighted by Crippen LogP contribution is -2.67. The van der Waals surface area contributed by atoms with Crippen molar-refractivity contribution in [3.8, 4) is 0 Å². The molecule has 2 aromatic carbocycles. The highest BCUT2D eigenvalue weighted by Gasteiger charge is 2.50. The molecule has 0 spiro atoms. The highest BCUT2D eigenvalue weighted by molar-refractivity contribution is 6.99. The summed E-state index contributed by atoms with van der Waals surface area (Å²) >= 11 is 0. The fourth-order valence-corrected chi connectivity index (χ4v) is 10.8. The minimum atomic E-state index is -2.68. The fourth-order valence-electron chi connectivity index (χ4n) is 4.73. The Morgan fingerprint density at radius 3 is 1.79 bits per heavy atom. The number of carbonyl (C=O) groups is 1. The maximum Gasteiger partial charge on any atom is 0.261 e. The first-order chi connectivity index (χ1) is 17.7. The van der Waals surface area contributed by atoms with Gasteiger partial charge in [0, 0.05) is 12.5 Å². The van der Waals surface area contributed by atoms with Crippen molar-refractivity contribution >= 4 is 33.3 Å². The van der Waals surface area contributed by atoms with Crippen LogP contribution in [0.2, 0.25) is 23.2 Å². The molecule has 4 nitrogen and oxygen atoms in total. The molecule has 0 heterocycles. The van der Waals surface area contributed by atoms with E-state index in [0.717, 1.165) is 6.29 Å². The molecule has 0 amide bonds. The van der Waals surface area contributed by atoms with Gasteiger partial charge in [-0.1, -0.05) is 115 Å². The third-order valence-corrected chi connectivity index (χ3v) is 17.5. The molecule has 0 fully saturated rings. The van der Waals surface area contributed by atoms with Gasteiger partial charge in [0.1, 0.15) is 6.29 Å². The van der Waals surface area contributed by atoms with Crippen molar-refractivity contribution < 1.29 is 18.8 Å². The van der Waals surface area contributed by atoms with Crippen LogP contribution < -0.4 is 10.4 Å². The van der Waals surface area contributed by atoms with Gasteiger partial charge in [0.2, 0.25) is 0 Å². The fraction of sp³-hybridized carbons (Fsp3) is 0.531. The van der Waals surface area contributed by atoms with E-state index in [1.54, 1.807) is 6.08 Å². The second-order valence-electron chi connectivity index (χ2n) is 13.1. The van der Waals surface area contributed by atoms with Crippen LogP contribution in [-0.4, -0.2) is 46.8 Å². The number of rotatable bonds is 13. The monoisotopic (exact) mass is 554 g/mol. The Bertz CT molecular complexity index is 968. The Balaban J connectivity index is 2.45. The van der Waals surface area contributed by atoms with Crippen LogP contribution >= 0.6 is 0 Å². The van der Waals surface area contributed by atoms with Gasteiger partial charge in [-0.15, -0.1) is 0 Å². The quantitative estimate of drug-likeness (QED) is 0.175. The van der Waals surface area contributed by atoms with Crippen molar-refractivity contribution in [2.45, 2.75) is 96.7 Å². The van der Waals surface area contributed by atoms with Crippen LogP contribution in [0.3, 0.4) is 0 Å². The van der Waals surface area contributed by atoms with Gasteiger partial charge in [-0.2, -0.15) is 0 Å². The smallest absolute Gasteiger partial charge is 0.261 e. The summed E-state index contributed by atoms with van der Waals surface area (Å²) in [5.41, 5.74) is 0.